The van der Waals surface area contributed by atoms with Gasteiger partial charge in [0.15, 0.2) is 0 Å². The van der Waals surface area contributed by atoms with Crippen LogP contribution < -0.4 is 10.0 Å². The van der Waals surface area contributed by atoms with Crippen molar-refractivity contribution < 1.29 is 13.2 Å². The minimum Gasteiger partial charge on any atom is -0.351 e. The summed E-state index contributed by atoms with van der Waals surface area (Å²) in [7, 11) is -3.78. The van der Waals surface area contributed by atoms with Gasteiger partial charge in [0, 0.05) is 23.1 Å². The SMILES string of the molecule is O=C(NCCSCc1cccc(Cl)c1)c1ccccc1NS(=O)(=O)c1ccccc1. The maximum Gasteiger partial charge on any atom is 0.261 e. The molecule has 1 amide bonds. The second-order valence-electron chi connectivity index (χ2n) is 6.40. The summed E-state index contributed by atoms with van der Waals surface area (Å²) in [5.41, 5.74) is 1.64. The van der Waals surface area contributed by atoms with Crippen LogP contribution in [0.3, 0.4) is 0 Å². The molecule has 3 aromatic rings. The van der Waals surface area contributed by atoms with E-state index in [4.69, 9.17) is 11.6 Å². The molecule has 0 saturated carbocycles. The first-order valence-electron chi connectivity index (χ1n) is 9.23. The monoisotopic (exact) mass is 460 g/mol. The van der Waals surface area contributed by atoms with Crippen molar-refractivity contribution in [2.24, 2.45) is 0 Å². The largest absolute Gasteiger partial charge is 0.351 e. The number of carbonyl (C=O) groups excluding carboxylic acids is 1. The molecule has 5 nitrogen and oxygen atoms in total. The summed E-state index contributed by atoms with van der Waals surface area (Å²) in [5.74, 6) is 1.18. The standard InChI is InChI=1S/C22H21ClN2O3S2/c23-18-8-6-7-17(15-18)16-29-14-13-24-22(26)20-11-4-5-12-21(20)25-30(27,28)19-9-2-1-3-10-19/h1-12,15,25H,13-14,16H2,(H,24,26). The molecule has 30 heavy (non-hydrogen) atoms. The second-order valence-corrected chi connectivity index (χ2v) is 9.63. The lowest BCUT2D eigenvalue weighted by Crippen LogP contribution is -2.27. The molecule has 0 fully saturated rings. The molecule has 2 N–H and O–H groups in total. The third-order valence-corrected chi connectivity index (χ3v) is 6.81. The number of thioether (sulfide) groups is 1. The first kappa shape index (κ1) is 22.2. The lowest BCUT2D eigenvalue weighted by molar-refractivity contribution is 0.0957. The van der Waals surface area contributed by atoms with Gasteiger partial charge in [-0.3, -0.25) is 9.52 Å². The van der Waals surface area contributed by atoms with Crippen molar-refractivity contribution in [2.45, 2.75) is 10.6 Å². The average molecular weight is 461 g/mol. The number of halogens is 1. The minimum atomic E-state index is -3.78. The van der Waals surface area contributed by atoms with Crippen molar-refractivity contribution in [1.82, 2.24) is 5.32 Å². The summed E-state index contributed by atoms with van der Waals surface area (Å²) in [6, 6.07) is 22.3. The molecule has 0 aliphatic heterocycles. The predicted molar refractivity (Wildman–Crippen MR) is 124 cm³/mol. The Kier molecular flexibility index (Phi) is 7.79. The van der Waals surface area contributed by atoms with Crippen LogP contribution in [0.4, 0.5) is 5.69 Å². The van der Waals surface area contributed by atoms with Crippen LogP contribution in [0.5, 0.6) is 0 Å². The molecule has 0 aliphatic rings. The number of amides is 1. The number of carbonyl (C=O) groups is 1. The van der Waals surface area contributed by atoms with E-state index in [1.54, 1.807) is 54.2 Å². The van der Waals surface area contributed by atoms with Gasteiger partial charge in [0.05, 0.1) is 16.1 Å². The van der Waals surface area contributed by atoms with E-state index < -0.39 is 10.0 Å². The van der Waals surface area contributed by atoms with Gasteiger partial charge in [-0.15, -0.1) is 0 Å². The Bertz CT molecular complexity index is 1110. The van der Waals surface area contributed by atoms with Gasteiger partial charge in [-0.25, -0.2) is 8.42 Å². The molecule has 3 aromatic carbocycles. The predicted octanol–water partition coefficient (Wildman–Crippen LogP) is 4.80. The maximum atomic E-state index is 12.6. The average Bonchev–Trinajstić information content (AvgIpc) is 2.74. The van der Waals surface area contributed by atoms with Gasteiger partial charge < -0.3 is 5.32 Å². The van der Waals surface area contributed by atoms with Gasteiger partial charge >= 0.3 is 0 Å². The quantitative estimate of drug-likeness (QED) is 0.449. The molecule has 0 saturated heterocycles. The third-order valence-electron chi connectivity index (χ3n) is 4.16. The molecule has 0 aromatic heterocycles. The van der Waals surface area contributed by atoms with E-state index in [1.807, 2.05) is 24.3 Å². The molecule has 3 rings (SSSR count). The minimum absolute atomic E-state index is 0.137. The van der Waals surface area contributed by atoms with E-state index in [-0.39, 0.29) is 22.1 Å². The normalized spacial score (nSPS) is 11.1. The Labute approximate surface area is 185 Å². The molecule has 8 heteroatoms. The number of nitrogens with one attached hydrogen (secondary N) is 2. The summed E-state index contributed by atoms with van der Waals surface area (Å²) < 4.78 is 27.7. The Morgan fingerprint density at radius 3 is 2.43 bits per heavy atom. The number of anilines is 1. The molecule has 0 heterocycles. The number of benzene rings is 3. The van der Waals surface area contributed by atoms with E-state index in [0.717, 1.165) is 17.1 Å². The smallest absolute Gasteiger partial charge is 0.261 e. The third kappa shape index (κ3) is 6.26. The van der Waals surface area contributed by atoms with Crippen LogP contribution in [-0.4, -0.2) is 26.6 Å². The van der Waals surface area contributed by atoms with Crippen molar-refractivity contribution in [2.75, 3.05) is 17.0 Å². The van der Waals surface area contributed by atoms with Crippen LogP contribution in [-0.2, 0) is 15.8 Å². The lowest BCUT2D eigenvalue weighted by atomic mass is 10.2. The molecule has 0 unspecified atom stereocenters. The summed E-state index contributed by atoms with van der Waals surface area (Å²) >= 11 is 7.66. The van der Waals surface area contributed by atoms with Crippen LogP contribution in [0.15, 0.2) is 83.8 Å². The number of sulfonamides is 1. The number of para-hydroxylation sites is 1. The highest BCUT2D eigenvalue weighted by Gasteiger charge is 2.18. The van der Waals surface area contributed by atoms with Crippen LogP contribution >= 0.6 is 23.4 Å². The van der Waals surface area contributed by atoms with Gasteiger partial charge in [-0.1, -0.05) is 54.1 Å². The number of hydrogen-bond donors (Lipinski definition) is 2. The van der Waals surface area contributed by atoms with E-state index in [9.17, 15) is 13.2 Å². The highest BCUT2D eigenvalue weighted by molar-refractivity contribution is 7.98. The highest BCUT2D eigenvalue weighted by Crippen LogP contribution is 2.20. The topological polar surface area (TPSA) is 75.3 Å². The van der Waals surface area contributed by atoms with E-state index in [1.165, 1.54) is 12.1 Å². The molecule has 0 atom stereocenters. The van der Waals surface area contributed by atoms with Crippen molar-refractivity contribution in [3.8, 4) is 0 Å². The van der Waals surface area contributed by atoms with Crippen LogP contribution in [0, 0.1) is 0 Å². The number of hydrogen-bond acceptors (Lipinski definition) is 4. The van der Waals surface area contributed by atoms with Crippen LogP contribution in [0.2, 0.25) is 5.02 Å². The fraction of sp³-hybridized carbons (Fsp3) is 0.136. The van der Waals surface area contributed by atoms with Crippen molar-refractivity contribution >= 4 is 45.0 Å². The summed E-state index contributed by atoms with van der Waals surface area (Å²) in [5, 5.41) is 3.55. The first-order chi connectivity index (χ1) is 14.5. The van der Waals surface area contributed by atoms with Crippen molar-refractivity contribution in [3.63, 3.8) is 0 Å². The molecule has 0 radical (unpaired) electrons. The molecular weight excluding hydrogens is 440 g/mol. The highest BCUT2D eigenvalue weighted by atomic mass is 35.5. The molecule has 0 bridgehead atoms. The fourth-order valence-corrected chi connectivity index (χ4v) is 4.84. The Balaban J connectivity index is 1.56. The second kappa shape index (κ2) is 10.5. The van der Waals surface area contributed by atoms with Gasteiger partial charge in [0.1, 0.15) is 0 Å². The van der Waals surface area contributed by atoms with Crippen LogP contribution in [0.25, 0.3) is 0 Å². The zero-order valence-corrected chi connectivity index (χ0v) is 18.4. The van der Waals surface area contributed by atoms with E-state index in [0.29, 0.717) is 11.6 Å². The maximum absolute atomic E-state index is 12.6. The van der Waals surface area contributed by atoms with E-state index >= 15 is 0 Å². The molecule has 0 aliphatic carbocycles. The van der Waals surface area contributed by atoms with Gasteiger partial charge in [-0.2, -0.15) is 11.8 Å². The summed E-state index contributed by atoms with van der Waals surface area (Å²) in [6.45, 7) is 0.462. The Hall–Kier alpha value is -2.48. The molecular formula is C22H21ClN2O3S2. The van der Waals surface area contributed by atoms with Crippen molar-refractivity contribution in [3.05, 3.63) is 95.0 Å². The lowest BCUT2D eigenvalue weighted by Gasteiger charge is -2.13. The Morgan fingerprint density at radius 2 is 1.67 bits per heavy atom. The summed E-state index contributed by atoms with van der Waals surface area (Å²) in [6.07, 6.45) is 0. The molecule has 0 spiro atoms. The van der Waals surface area contributed by atoms with Gasteiger partial charge in [0.2, 0.25) is 0 Å². The zero-order chi connectivity index (χ0) is 21.4. The van der Waals surface area contributed by atoms with Crippen LogP contribution in [0.1, 0.15) is 15.9 Å². The van der Waals surface area contributed by atoms with Gasteiger partial charge in [0.25, 0.3) is 15.9 Å². The Morgan fingerprint density at radius 1 is 0.933 bits per heavy atom. The zero-order valence-electron chi connectivity index (χ0n) is 16.0. The summed E-state index contributed by atoms with van der Waals surface area (Å²) in [4.78, 5) is 12.7. The fourth-order valence-electron chi connectivity index (χ4n) is 2.72. The molecule has 156 valence electrons. The van der Waals surface area contributed by atoms with Crippen molar-refractivity contribution in [1.29, 1.82) is 0 Å². The van der Waals surface area contributed by atoms with E-state index in [2.05, 4.69) is 10.0 Å². The number of rotatable bonds is 9. The first-order valence-corrected chi connectivity index (χ1v) is 12.2. The van der Waals surface area contributed by atoms with Gasteiger partial charge in [-0.05, 0) is 42.0 Å².